The number of halogens is 3. The van der Waals surface area contributed by atoms with Crippen LogP contribution in [0.2, 0.25) is 0 Å². The molecular formula is C24H24BrF2NO2. The standard InChI is InChI=1S/C24H24BrF2NO2/c1-6-21(30)23(3,4)18-9-15(22(27)16(10-18)13-28)12-24(5,14(2)29)17-7-8-20(26)19(25)11-17/h7-11H,6,12H2,1-5H3. The summed E-state index contributed by atoms with van der Waals surface area (Å²) < 4.78 is 29.0. The largest absolute Gasteiger partial charge is 0.299 e. The Hall–Kier alpha value is -2.39. The van der Waals surface area contributed by atoms with Crippen molar-refractivity contribution in [2.75, 3.05) is 0 Å². The van der Waals surface area contributed by atoms with Gasteiger partial charge in [-0.1, -0.05) is 19.1 Å². The summed E-state index contributed by atoms with van der Waals surface area (Å²) in [7, 11) is 0. The zero-order valence-corrected chi connectivity index (χ0v) is 19.3. The smallest absolute Gasteiger partial charge is 0.144 e. The van der Waals surface area contributed by atoms with Gasteiger partial charge in [0.05, 0.1) is 15.5 Å². The van der Waals surface area contributed by atoms with E-state index in [1.807, 2.05) is 6.07 Å². The van der Waals surface area contributed by atoms with Crippen LogP contribution < -0.4 is 0 Å². The highest BCUT2D eigenvalue weighted by atomic mass is 79.9. The van der Waals surface area contributed by atoms with Crippen LogP contribution >= 0.6 is 15.9 Å². The highest BCUT2D eigenvalue weighted by Gasteiger charge is 2.36. The number of benzene rings is 2. The lowest BCUT2D eigenvalue weighted by Gasteiger charge is -2.30. The predicted octanol–water partition coefficient (Wildman–Crippen LogP) is 5.95. The van der Waals surface area contributed by atoms with Crippen LogP contribution in [0.1, 0.15) is 63.3 Å². The first kappa shape index (κ1) is 23.9. The van der Waals surface area contributed by atoms with Crippen molar-refractivity contribution < 1.29 is 18.4 Å². The minimum Gasteiger partial charge on any atom is -0.299 e. The quantitative estimate of drug-likeness (QED) is 0.497. The Balaban J connectivity index is 2.68. The Morgan fingerprint density at radius 3 is 2.23 bits per heavy atom. The van der Waals surface area contributed by atoms with E-state index in [9.17, 15) is 19.2 Å². The van der Waals surface area contributed by atoms with E-state index in [1.54, 1.807) is 33.8 Å². The second kappa shape index (κ2) is 8.77. The summed E-state index contributed by atoms with van der Waals surface area (Å²) in [6, 6.07) is 9.06. The topological polar surface area (TPSA) is 57.9 Å². The lowest BCUT2D eigenvalue weighted by atomic mass is 9.72. The summed E-state index contributed by atoms with van der Waals surface area (Å²) in [6.07, 6.45) is 0.265. The minimum atomic E-state index is -1.15. The molecule has 0 heterocycles. The Bertz CT molecular complexity index is 1060. The Morgan fingerprint density at radius 2 is 1.73 bits per heavy atom. The molecule has 0 fully saturated rings. The molecule has 0 saturated carbocycles. The number of nitriles is 1. The normalized spacial score (nSPS) is 13.4. The van der Waals surface area contributed by atoms with E-state index in [0.29, 0.717) is 17.5 Å². The third-order valence-electron chi connectivity index (χ3n) is 5.89. The van der Waals surface area contributed by atoms with Crippen molar-refractivity contribution in [2.24, 2.45) is 0 Å². The molecule has 158 valence electrons. The van der Waals surface area contributed by atoms with Crippen molar-refractivity contribution in [1.29, 1.82) is 5.26 Å². The van der Waals surface area contributed by atoms with Crippen molar-refractivity contribution in [1.82, 2.24) is 0 Å². The van der Waals surface area contributed by atoms with Gasteiger partial charge in [-0.15, -0.1) is 0 Å². The number of ketones is 2. The van der Waals surface area contributed by atoms with E-state index >= 15 is 4.39 Å². The summed E-state index contributed by atoms with van der Waals surface area (Å²) >= 11 is 3.13. The maximum absolute atomic E-state index is 15.1. The Morgan fingerprint density at radius 1 is 1.10 bits per heavy atom. The number of carbonyl (C=O) groups excluding carboxylic acids is 2. The highest BCUT2D eigenvalue weighted by Crippen LogP contribution is 2.35. The molecule has 0 spiro atoms. The zero-order chi connectivity index (χ0) is 22.9. The molecule has 0 radical (unpaired) electrons. The van der Waals surface area contributed by atoms with E-state index in [0.717, 1.165) is 0 Å². The van der Waals surface area contributed by atoms with Gasteiger partial charge in [-0.2, -0.15) is 5.26 Å². The van der Waals surface area contributed by atoms with Gasteiger partial charge in [0.1, 0.15) is 29.3 Å². The molecule has 0 amide bonds. The van der Waals surface area contributed by atoms with Gasteiger partial charge in [-0.25, -0.2) is 8.78 Å². The summed E-state index contributed by atoms with van der Waals surface area (Å²) in [6.45, 7) is 8.28. The van der Waals surface area contributed by atoms with Gasteiger partial charge in [-0.3, -0.25) is 9.59 Å². The molecule has 0 saturated heterocycles. The first-order valence-corrected chi connectivity index (χ1v) is 10.4. The van der Waals surface area contributed by atoms with Crippen LogP contribution in [0.4, 0.5) is 8.78 Å². The maximum Gasteiger partial charge on any atom is 0.144 e. The van der Waals surface area contributed by atoms with Crippen molar-refractivity contribution in [3.05, 3.63) is 68.7 Å². The van der Waals surface area contributed by atoms with Crippen molar-refractivity contribution in [3.63, 3.8) is 0 Å². The fourth-order valence-corrected chi connectivity index (χ4v) is 3.89. The number of hydrogen-bond donors (Lipinski definition) is 0. The van der Waals surface area contributed by atoms with Crippen molar-refractivity contribution >= 4 is 27.5 Å². The van der Waals surface area contributed by atoms with Crippen LogP contribution in [-0.2, 0) is 26.8 Å². The Labute approximate surface area is 184 Å². The van der Waals surface area contributed by atoms with Gasteiger partial charge >= 0.3 is 0 Å². The van der Waals surface area contributed by atoms with Crippen LogP contribution in [0, 0.1) is 23.0 Å². The number of rotatable bonds is 7. The molecule has 0 aliphatic rings. The molecule has 6 heteroatoms. The molecule has 0 bridgehead atoms. The van der Waals surface area contributed by atoms with Crippen LogP contribution in [0.3, 0.4) is 0 Å². The van der Waals surface area contributed by atoms with E-state index in [4.69, 9.17) is 0 Å². The highest BCUT2D eigenvalue weighted by molar-refractivity contribution is 9.10. The first-order valence-electron chi connectivity index (χ1n) is 9.61. The minimum absolute atomic E-state index is 0.0366. The molecule has 30 heavy (non-hydrogen) atoms. The van der Waals surface area contributed by atoms with E-state index in [2.05, 4.69) is 15.9 Å². The summed E-state index contributed by atoms with van der Waals surface area (Å²) in [5.74, 6) is -1.45. The molecule has 1 atom stereocenters. The summed E-state index contributed by atoms with van der Waals surface area (Å²) in [5, 5.41) is 9.43. The molecule has 1 unspecified atom stereocenters. The van der Waals surface area contributed by atoms with Gasteiger partial charge in [-0.05, 0) is 84.9 Å². The molecule has 2 rings (SSSR count). The lowest BCUT2D eigenvalue weighted by Crippen LogP contribution is -2.34. The average molecular weight is 476 g/mol. The zero-order valence-electron chi connectivity index (χ0n) is 17.7. The second-order valence-electron chi connectivity index (χ2n) is 8.20. The molecule has 2 aromatic rings. The van der Waals surface area contributed by atoms with E-state index in [1.165, 1.54) is 31.2 Å². The summed E-state index contributed by atoms with van der Waals surface area (Å²) in [5.41, 5.74) is -1.02. The molecule has 0 aromatic heterocycles. The first-order chi connectivity index (χ1) is 13.9. The molecule has 2 aromatic carbocycles. The predicted molar refractivity (Wildman–Crippen MR) is 115 cm³/mol. The third-order valence-corrected chi connectivity index (χ3v) is 6.49. The van der Waals surface area contributed by atoms with Crippen LogP contribution in [0.25, 0.3) is 0 Å². The number of carbonyl (C=O) groups is 2. The van der Waals surface area contributed by atoms with Gasteiger partial charge in [0.15, 0.2) is 0 Å². The number of hydrogen-bond acceptors (Lipinski definition) is 3. The van der Waals surface area contributed by atoms with Crippen molar-refractivity contribution in [3.8, 4) is 6.07 Å². The fourth-order valence-electron chi connectivity index (χ4n) is 3.51. The number of nitrogens with zero attached hydrogens (tertiary/aromatic N) is 1. The van der Waals surface area contributed by atoms with Crippen LogP contribution in [0.5, 0.6) is 0 Å². The lowest BCUT2D eigenvalue weighted by molar-refractivity contribution is -0.123. The molecular weight excluding hydrogens is 452 g/mol. The fraction of sp³-hybridized carbons (Fsp3) is 0.375. The SMILES string of the molecule is CCC(=O)C(C)(C)c1cc(C#N)c(F)c(CC(C)(C(C)=O)c2ccc(F)c(Br)c2)c1. The van der Waals surface area contributed by atoms with Gasteiger partial charge in [0, 0.05) is 11.8 Å². The molecule has 0 N–H and O–H groups in total. The molecule has 3 nitrogen and oxygen atoms in total. The van der Waals surface area contributed by atoms with Crippen LogP contribution in [-0.4, -0.2) is 11.6 Å². The number of Topliss-reactive ketones (excluding diaryl/α,β-unsaturated/α-hetero) is 2. The average Bonchev–Trinajstić information content (AvgIpc) is 2.70. The van der Waals surface area contributed by atoms with Gasteiger partial charge in [0.25, 0.3) is 0 Å². The van der Waals surface area contributed by atoms with Gasteiger partial charge in [0.2, 0.25) is 0 Å². The van der Waals surface area contributed by atoms with E-state index < -0.39 is 22.5 Å². The molecule has 0 aliphatic carbocycles. The Kier molecular flexibility index (Phi) is 6.98. The van der Waals surface area contributed by atoms with Crippen LogP contribution in [0.15, 0.2) is 34.8 Å². The second-order valence-corrected chi connectivity index (χ2v) is 9.06. The maximum atomic E-state index is 15.1. The van der Waals surface area contributed by atoms with Crippen molar-refractivity contribution in [2.45, 2.75) is 58.3 Å². The van der Waals surface area contributed by atoms with Gasteiger partial charge < -0.3 is 0 Å². The summed E-state index contributed by atoms with van der Waals surface area (Å²) in [4.78, 5) is 25.1. The monoisotopic (exact) mass is 475 g/mol. The van der Waals surface area contributed by atoms with E-state index in [-0.39, 0.29) is 33.6 Å². The molecule has 0 aliphatic heterocycles. The third kappa shape index (κ3) is 4.37.